The van der Waals surface area contributed by atoms with Gasteiger partial charge in [-0.1, -0.05) is 38.2 Å². The molecule has 1 heterocycles. The molecule has 6 atom stereocenters. The second kappa shape index (κ2) is 16.9. The van der Waals surface area contributed by atoms with E-state index in [0.29, 0.717) is 31.5 Å². The van der Waals surface area contributed by atoms with Crippen molar-refractivity contribution in [3.05, 3.63) is 58.5 Å². The number of primary amides is 1. The lowest BCUT2D eigenvalue weighted by Gasteiger charge is -2.30. The van der Waals surface area contributed by atoms with Gasteiger partial charge in [-0.05, 0) is 51.1 Å². The Morgan fingerprint density at radius 3 is 2.47 bits per heavy atom. The van der Waals surface area contributed by atoms with Crippen molar-refractivity contribution in [3.63, 3.8) is 0 Å². The van der Waals surface area contributed by atoms with Gasteiger partial charge in [0.15, 0.2) is 6.10 Å². The highest BCUT2D eigenvalue weighted by Crippen LogP contribution is 2.28. The predicted octanol–water partition coefficient (Wildman–Crippen LogP) is 1.70. The van der Waals surface area contributed by atoms with Gasteiger partial charge in [-0.2, -0.15) is 0 Å². The van der Waals surface area contributed by atoms with Crippen LogP contribution in [-0.2, 0) is 28.6 Å². The highest BCUT2D eigenvalue weighted by Gasteiger charge is 2.33. The molecule has 0 saturated heterocycles. The second-order valence-corrected chi connectivity index (χ2v) is 11.0. The third-order valence-corrected chi connectivity index (χ3v) is 7.48. The molecule has 2 bridgehead atoms. The van der Waals surface area contributed by atoms with E-state index in [-0.39, 0.29) is 34.9 Å². The Balaban J connectivity index is 2.61. The number of carbonyl (C=O) groups excluding carboxylic acids is 4. The first kappa shape index (κ1) is 35.6. The summed E-state index contributed by atoms with van der Waals surface area (Å²) in [6, 6.07) is 0. The van der Waals surface area contributed by atoms with Crippen LogP contribution in [-0.4, -0.2) is 80.4 Å². The van der Waals surface area contributed by atoms with Crippen LogP contribution in [0.25, 0.3) is 0 Å². The summed E-state index contributed by atoms with van der Waals surface area (Å²) in [4.78, 5) is 51.5. The summed E-state index contributed by atoms with van der Waals surface area (Å²) >= 11 is 0. The number of methoxy groups -OCH3 is 2. The van der Waals surface area contributed by atoms with Gasteiger partial charge in [-0.15, -0.1) is 0 Å². The molecular weight excluding hydrogens is 556 g/mol. The maximum Gasteiger partial charge on any atom is 0.405 e. The average molecular weight is 603 g/mol. The molecule has 0 spiro atoms. The molecular formula is C31H46N4O8. The van der Waals surface area contributed by atoms with Crippen molar-refractivity contribution in [3.8, 4) is 0 Å². The number of ether oxygens (including phenoxy) is 3. The molecule has 238 valence electrons. The van der Waals surface area contributed by atoms with E-state index < -0.39 is 53.9 Å². The zero-order chi connectivity index (χ0) is 32.3. The first-order valence-electron chi connectivity index (χ1n) is 14.4. The largest absolute Gasteiger partial charge is 0.439 e. The van der Waals surface area contributed by atoms with E-state index in [2.05, 4.69) is 10.6 Å². The fourth-order valence-electron chi connectivity index (χ4n) is 5.09. The SMILES string of the molecule is CO[C@H]1C[C@H](C)CC2=C(NCCCN)C(=O)C=C(NC(=O)/C(C)=C\C=C\[C@@H](OC)[C@@H](OC(N)=O)/C(C)=C/[C@H](C)[C@H]1O)C2=O. The summed E-state index contributed by atoms with van der Waals surface area (Å²) < 4.78 is 16.6. The molecule has 0 fully saturated rings. The quantitative estimate of drug-likeness (QED) is 0.163. The number of nitrogens with two attached hydrogens (primary N) is 2. The van der Waals surface area contributed by atoms with Crippen LogP contribution >= 0.6 is 0 Å². The Morgan fingerprint density at radius 2 is 1.86 bits per heavy atom. The van der Waals surface area contributed by atoms with Crippen molar-refractivity contribution in [1.29, 1.82) is 0 Å². The Hall–Kier alpha value is -3.58. The monoisotopic (exact) mass is 602 g/mol. The van der Waals surface area contributed by atoms with E-state index in [1.165, 1.54) is 20.3 Å². The fraction of sp³-hybridized carbons (Fsp3) is 0.548. The number of amides is 2. The summed E-state index contributed by atoms with van der Waals surface area (Å²) in [6.07, 6.45) is 4.38. The van der Waals surface area contributed by atoms with E-state index in [1.54, 1.807) is 39.0 Å². The minimum absolute atomic E-state index is 0.127. The Kier molecular flexibility index (Phi) is 14.0. The summed E-state index contributed by atoms with van der Waals surface area (Å²) in [7, 11) is 2.92. The zero-order valence-corrected chi connectivity index (χ0v) is 25.8. The van der Waals surface area contributed by atoms with Crippen LogP contribution in [0.1, 0.15) is 47.0 Å². The first-order valence-corrected chi connectivity index (χ1v) is 14.4. The maximum absolute atomic E-state index is 13.6. The van der Waals surface area contributed by atoms with Gasteiger partial charge in [-0.25, -0.2) is 4.79 Å². The number of hydrogen-bond acceptors (Lipinski definition) is 10. The number of carbonyl (C=O) groups is 4. The standard InChI is InChI=1S/C31H46N4O8/c1-17-13-21-26(34-12-8-11-32)23(36)16-22(28(21)38)35-30(39)18(2)9-7-10-24(41-5)29(43-31(33)40)20(4)15-19(3)27(37)25(14-17)42-6/h7,9-10,15-17,19,24-25,27,29,34,37H,8,11-14,32H2,1-6H3,(H2,33,40)(H,35,39)/b10-7+,18-9-,20-15+/t17-,19+,24-,25+,27-,29+/m1/s1. The predicted molar refractivity (Wildman–Crippen MR) is 161 cm³/mol. The number of allylic oxidation sites excluding steroid dienone is 4. The number of nitrogens with one attached hydrogen (secondary N) is 2. The number of aliphatic hydroxyl groups excluding tert-OH is 1. The Morgan fingerprint density at radius 1 is 1.16 bits per heavy atom. The summed E-state index contributed by atoms with van der Waals surface area (Å²) in [6.45, 7) is 7.79. The number of ketones is 2. The van der Waals surface area contributed by atoms with Gasteiger partial charge in [0, 0.05) is 43.9 Å². The lowest BCUT2D eigenvalue weighted by molar-refractivity contribution is -0.120. The lowest BCUT2D eigenvalue weighted by atomic mass is 9.85. The minimum Gasteiger partial charge on any atom is -0.439 e. The first-order chi connectivity index (χ1) is 20.3. The van der Waals surface area contributed by atoms with Crippen molar-refractivity contribution < 1.29 is 38.5 Å². The smallest absolute Gasteiger partial charge is 0.405 e. The average Bonchev–Trinajstić information content (AvgIpc) is 2.95. The van der Waals surface area contributed by atoms with Crippen molar-refractivity contribution >= 4 is 23.6 Å². The molecule has 2 aliphatic rings. The van der Waals surface area contributed by atoms with Crippen LogP contribution < -0.4 is 22.1 Å². The van der Waals surface area contributed by atoms with Crippen molar-refractivity contribution in [2.24, 2.45) is 23.3 Å². The molecule has 43 heavy (non-hydrogen) atoms. The van der Waals surface area contributed by atoms with Crippen molar-refractivity contribution in [2.45, 2.75) is 71.4 Å². The minimum atomic E-state index is -1.00. The molecule has 0 aromatic carbocycles. The van der Waals surface area contributed by atoms with E-state index in [9.17, 15) is 24.3 Å². The molecule has 0 aromatic heterocycles. The third-order valence-electron chi connectivity index (χ3n) is 7.48. The Bertz CT molecular complexity index is 1200. The third kappa shape index (κ3) is 9.99. The molecule has 1 aliphatic carbocycles. The summed E-state index contributed by atoms with van der Waals surface area (Å²) in [5.41, 5.74) is 12.1. The van der Waals surface area contributed by atoms with Gasteiger partial charge in [0.25, 0.3) is 5.91 Å². The fourth-order valence-corrected chi connectivity index (χ4v) is 5.09. The highest BCUT2D eigenvalue weighted by molar-refractivity contribution is 6.23. The van der Waals surface area contributed by atoms with Gasteiger partial charge >= 0.3 is 6.09 Å². The van der Waals surface area contributed by atoms with Crippen molar-refractivity contribution in [1.82, 2.24) is 10.6 Å². The van der Waals surface area contributed by atoms with Gasteiger partial charge < -0.3 is 41.4 Å². The topological polar surface area (TPSA) is 192 Å². The van der Waals surface area contributed by atoms with Crippen LogP contribution in [0.15, 0.2) is 58.5 Å². The van der Waals surface area contributed by atoms with E-state index in [4.69, 9.17) is 25.7 Å². The zero-order valence-electron chi connectivity index (χ0n) is 25.8. The van der Waals surface area contributed by atoms with Crippen LogP contribution in [0.5, 0.6) is 0 Å². The number of rotatable bonds is 7. The molecule has 2 rings (SSSR count). The van der Waals surface area contributed by atoms with Gasteiger partial charge in [-0.3, -0.25) is 14.4 Å². The molecule has 0 aromatic rings. The van der Waals surface area contributed by atoms with E-state index in [1.807, 2.05) is 6.92 Å². The van der Waals surface area contributed by atoms with E-state index in [0.717, 1.165) is 6.08 Å². The number of hydrogen-bond donors (Lipinski definition) is 5. The maximum atomic E-state index is 13.6. The van der Waals surface area contributed by atoms with Crippen molar-refractivity contribution in [2.75, 3.05) is 27.3 Å². The molecule has 1 aliphatic heterocycles. The summed E-state index contributed by atoms with van der Waals surface area (Å²) in [5, 5.41) is 16.9. The van der Waals surface area contributed by atoms with Crippen LogP contribution in [0, 0.1) is 11.8 Å². The van der Waals surface area contributed by atoms with Gasteiger partial charge in [0.1, 0.15) is 6.10 Å². The number of fused-ring (bicyclic) bond motifs is 2. The Labute approximate surface area is 253 Å². The number of Topliss-reactive ketones (excluding diaryl/α,β-unsaturated/α-hetero) is 1. The summed E-state index contributed by atoms with van der Waals surface area (Å²) in [5.74, 6) is -2.12. The molecule has 0 radical (unpaired) electrons. The number of aliphatic hydroxyl groups is 1. The molecule has 7 N–H and O–H groups in total. The van der Waals surface area contributed by atoms with Gasteiger partial charge in [0.05, 0.1) is 23.6 Å². The van der Waals surface area contributed by atoms with Crippen LogP contribution in [0.2, 0.25) is 0 Å². The van der Waals surface area contributed by atoms with Crippen LogP contribution in [0.3, 0.4) is 0 Å². The van der Waals surface area contributed by atoms with Gasteiger partial charge in [0.2, 0.25) is 11.6 Å². The molecule has 12 heteroatoms. The molecule has 2 amide bonds. The molecule has 0 unspecified atom stereocenters. The lowest BCUT2D eigenvalue weighted by Crippen LogP contribution is -2.38. The molecule has 0 saturated carbocycles. The second-order valence-electron chi connectivity index (χ2n) is 11.0. The highest BCUT2D eigenvalue weighted by atomic mass is 16.6. The molecule has 12 nitrogen and oxygen atoms in total. The normalized spacial score (nSPS) is 31.3. The van der Waals surface area contributed by atoms with Crippen LogP contribution in [0.4, 0.5) is 4.79 Å². The van der Waals surface area contributed by atoms with E-state index >= 15 is 0 Å².